The van der Waals surface area contributed by atoms with Gasteiger partial charge in [-0.2, -0.15) is 0 Å². The van der Waals surface area contributed by atoms with E-state index in [0.717, 1.165) is 55.5 Å². The maximum Gasteiger partial charge on any atom is 0.145 e. The van der Waals surface area contributed by atoms with Gasteiger partial charge in [0.2, 0.25) is 0 Å². The summed E-state index contributed by atoms with van der Waals surface area (Å²) in [5.74, 6) is 0. The molecular weight excluding hydrogens is 687 g/mol. The highest BCUT2D eigenvalue weighted by molar-refractivity contribution is 7.26. The van der Waals surface area contributed by atoms with Crippen LogP contribution in [0.1, 0.15) is 0 Å². The monoisotopic (exact) mass is 719 g/mol. The summed E-state index contributed by atoms with van der Waals surface area (Å²) in [6.45, 7) is 0. The van der Waals surface area contributed by atoms with Crippen molar-refractivity contribution in [3.8, 4) is 33.4 Å². The van der Waals surface area contributed by atoms with Crippen LogP contribution < -0.4 is 4.90 Å². The fourth-order valence-electron chi connectivity index (χ4n) is 8.33. The Labute approximate surface area is 322 Å². The molecule has 2 heterocycles. The van der Waals surface area contributed by atoms with Crippen molar-refractivity contribution in [2.75, 3.05) is 4.90 Å². The molecule has 0 aliphatic heterocycles. The van der Waals surface area contributed by atoms with Crippen molar-refractivity contribution < 1.29 is 4.42 Å². The van der Waals surface area contributed by atoms with Crippen LogP contribution in [0, 0.1) is 0 Å². The van der Waals surface area contributed by atoms with Crippen LogP contribution in [0.3, 0.4) is 0 Å². The van der Waals surface area contributed by atoms with Crippen molar-refractivity contribution in [1.29, 1.82) is 0 Å². The second-order valence-electron chi connectivity index (χ2n) is 14.0. The number of anilines is 3. The normalized spacial score (nSPS) is 11.6. The van der Waals surface area contributed by atoms with E-state index < -0.39 is 0 Å². The van der Waals surface area contributed by atoms with Gasteiger partial charge in [-0.3, -0.25) is 0 Å². The van der Waals surface area contributed by atoms with Gasteiger partial charge in [-0.15, -0.1) is 11.3 Å². The highest BCUT2D eigenvalue weighted by Crippen LogP contribution is 2.51. The molecule has 258 valence electrons. The topological polar surface area (TPSA) is 16.4 Å². The molecule has 55 heavy (non-hydrogen) atoms. The zero-order chi connectivity index (χ0) is 36.3. The number of hydrogen-bond donors (Lipinski definition) is 0. The first kappa shape index (κ1) is 31.6. The summed E-state index contributed by atoms with van der Waals surface area (Å²) in [5.41, 5.74) is 12.0. The van der Waals surface area contributed by atoms with Crippen LogP contribution in [0.25, 0.3) is 86.3 Å². The van der Waals surface area contributed by atoms with E-state index in [4.69, 9.17) is 4.42 Å². The third kappa shape index (κ3) is 5.16. The van der Waals surface area contributed by atoms with Crippen molar-refractivity contribution in [2.24, 2.45) is 0 Å². The lowest BCUT2D eigenvalue weighted by Crippen LogP contribution is -2.11. The van der Waals surface area contributed by atoms with Gasteiger partial charge in [-0.1, -0.05) is 158 Å². The van der Waals surface area contributed by atoms with Crippen molar-refractivity contribution >= 4 is 81.3 Å². The molecular formula is C52H33NOS. The average Bonchev–Trinajstić information content (AvgIpc) is 3.84. The smallest absolute Gasteiger partial charge is 0.145 e. The van der Waals surface area contributed by atoms with Crippen LogP contribution in [-0.4, -0.2) is 0 Å². The summed E-state index contributed by atoms with van der Waals surface area (Å²) >= 11 is 1.85. The molecule has 0 fully saturated rings. The molecule has 0 radical (unpaired) electrons. The molecule has 0 bridgehead atoms. The Morgan fingerprint density at radius 2 is 0.945 bits per heavy atom. The number of hydrogen-bond acceptors (Lipinski definition) is 3. The van der Waals surface area contributed by atoms with Gasteiger partial charge in [0.05, 0.1) is 16.1 Å². The molecule has 11 aromatic rings. The summed E-state index contributed by atoms with van der Waals surface area (Å²) in [5, 5.41) is 7.04. The zero-order valence-electron chi connectivity index (χ0n) is 29.8. The van der Waals surface area contributed by atoms with Gasteiger partial charge in [-0.05, 0) is 75.7 Å². The van der Waals surface area contributed by atoms with Crippen molar-refractivity contribution in [2.45, 2.75) is 0 Å². The molecule has 0 aliphatic carbocycles. The van der Waals surface area contributed by atoms with Gasteiger partial charge in [0.15, 0.2) is 0 Å². The van der Waals surface area contributed by atoms with E-state index in [9.17, 15) is 0 Å². The Kier molecular flexibility index (Phi) is 7.39. The number of benzene rings is 9. The molecule has 3 heteroatoms. The Hall–Kier alpha value is -6.94. The Morgan fingerprint density at radius 3 is 1.69 bits per heavy atom. The highest BCUT2D eigenvalue weighted by atomic mass is 32.1. The third-order valence-corrected chi connectivity index (χ3v) is 12.1. The van der Waals surface area contributed by atoms with E-state index in [2.05, 4.69) is 205 Å². The minimum Gasteiger partial charge on any atom is -0.455 e. The molecule has 0 atom stereocenters. The minimum absolute atomic E-state index is 0.878. The van der Waals surface area contributed by atoms with Gasteiger partial charge in [0.25, 0.3) is 0 Å². The lowest BCUT2D eigenvalue weighted by atomic mass is 9.94. The molecule has 9 aromatic carbocycles. The number of fused-ring (bicyclic) bond motifs is 8. The molecule has 0 saturated carbocycles. The van der Waals surface area contributed by atoms with Crippen molar-refractivity contribution in [3.63, 3.8) is 0 Å². The summed E-state index contributed by atoms with van der Waals surface area (Å²) in [7, 11) is 0. The number of nitrogens with zero attached hydrogens (tertiary/aromatic N) is 1. The molecule has 0 saturated heterocycles. The van der Waals surface area contributed by atoms with Gasteiger partial charge in [0, 0.05) is 42.9 Å². The van der Waals surface area contributed by atoms with E-state index >= 15 is 0 Å². The van der Waals surface area contributed by atoms with Gasteiger partial charge in [0.1, 0.15) is 11.2 Å². The Morgan fingerprint density at radius 1 is 0.364 bits per heavy atom. The lowest BCUT2D eigenvalue weighted by Gasteiger charge is -2.28. The number of furan rings is 1. The second-order valence-corrected chi connectivity index (χ2v) is 15.1. The standard InChI is InChI=1S/C52H33NOS/c1-4-15-34(16-5-1)35-27-29-38(30-28-35)53(47-25-14-24-43-40-22-12-13-26-48(40)55-52(43)47)46-32-31-42-45-33-44(36-17-6-2-7-18-36)39-21-10-11-23-41(39)50(45)54-51(42)49(46)37-19-8-3-9-20-37/h1-33H. The molecule has 0 amide bonds. The summed E-state index contributed by atoms with van der Waals surface area (Å²) in [6, 6.07) is 72.0. The van der Waals surface area contributed by atoms with Crippen LogP contribution in [0.15, 0.2) is 205 Å². The van der Waals surface area contributed by atoms with Crippen LogP contribution in [-0.2, 0) is 0 Å². The fraction of sp³-hybridized carbons (Fsp3) is 0. The van der Waals surface area contributed by atoms with E-state index in [1.54, 1.807) is 0 Å². The molecule has 11 rings (SSSR count). The van der Waals surface area contributed by atoms with Crippen LogP contribution in [0.2, 0.25) is 0 Å². The molecule has 2 nitrogen and oxygen atoms in total. The predicted molar refractivity (Wildman–Crippen MR) is 235 cm³/mol. The third-order valence-electron chi connectivity index (χ3n) is 10.9. The Bertz CT molecular complexity index is 3180. The largest absolute Gasteiger partial charge is 0.455 e. The molecule has 0 unspecified atom stereocenters. The minimum atomic E-state index is 0.878. The lowest BCUT2D eigenvalue weighted by molar-refractivity contribution is 0.674. The van der Waals surface area contributed by atoms with E-state index in [1.165, 1.54) is 47.8 Å². The summed E-state index contributed by atoms with van der Waals surface area (Å²) < 4.78 is 9.72. The number of rotatable bonds is 6. The van der Waals surface area contributed by atoms with Crippen LogP contribution in [0.5, 0.6) is 0 Å². The average molecular weight is 720 g/mol. The quantitative estimate of drug-likeness (QED) is 0.170. The van der Waals surface area contributed by atoms with Gasteiger partial charge in [-0.25, -0.2) is 0 Å². The van der Waals surface area contributed by atoms with Gasteiger partial charge >= 0.3 is 0 Å². The predicted octanol–water partition coefficient (Wildman–Crippen LogP) is 15.6. The maximum atomic E-state index is 7.19. The first-order valence-corrected chi connectivity index (χ1v) is 19.5. The van der Waals surface area contributed by atoms with Crippen LogP contribution in [0.4, 0.5) is 17.1 Å². The van der Waals surface area contributed by atoms with Crippen molar-refractivity contribution in [1.82, 2.24) is 0 Å². The molecule has 0 N–H and O–H groups in total. The summed E-state index contributed by atoms with van der Waals surface area (Å²) in [6.07, 6.45) is 0. The maximum absolute atomic E-state index is 7.19. The van der Waals surface area contributed by atoms with E-state index in [1.807, 2.05) is 11.3 Å². The van der Waals surface area contributed by atoms with Gasteiger partial charge < -0.3 is 9.32 Å². The van der Waals surface area contributed by atoms with E-state index in [-0.39, 0.29) is 0 Å². The first-order chi connectivity index (χ1) is 27.3. The van der Waals surface area contributed by atoms with Crippen LogP contribution >= 0.6 is 11.3 Å². The van der Waals surface area contributed by atoms with E-state index in [0.29, 0.717) is 0 Å². The molecule has 0 spiro atoms. The zero-order valence-corrected chi connectivity index (χ0v) is 30.6. The molecule has 0 aliphatic rings. The summed E-state index contributed by atoms with van der Waals surface area (Å²) in [4.78, 5) is 2.44. The SMILES string of the molecule is c1ccc(-c2ccc(N(c3ccc4c(oc5c6ccccc6c(-c6ccccc6)cc45)c3-c3ccccc3)c3cccc4c3sc3ccccc34)cc2)cc1. The highest BCUT2D eigenvalue weighted by Gasteiger charge is 2.25. The second kappa shape index (κ2) is 12.9. The first-order valence-electron chi connectivity index (χ1n) is 18.7. The molecule has 2 aromatic heterocycles. The fourth-order valence-corrected chi connectivity index (χ4v) is 9.53. The van der Waals surface area contributed by atoms with Crippen molar-refractivity contribution in [3.05, 3.63) is 200 Å². The Balaban J connectivity index is 1.23. The number of thiophene rings is 1.